The topological polar surface area (TPSA) is 86.8 Å². The molecular formula is C24H26N2O5S. The van der Waals surface area contributed by atoms with Gasteiger partial charge in [0.2, 0.25) is 0 Å². The standard InChI is InChI=1S/C24H26N2O5S/c1-14-6-8-19(15(2)10-14)26-23(28)16(3)31-22(27)12-18-13-32-24(25-18)17-7-9-20(29-4)21(11-17)30-5/h6-11,13,16H,12H2,1-5H3,(H,26,28). The van der Waals surface area contributed by atoms with Crippen LogP contribution in [0, 0.1) is 13.8 Å². The van der Waals surface area contributed by atoms with Crippen LogP contribution in [0.4, 0.5) is 5.69 Å². The van der Waals surface area contributed by atoms with Gasteiger partial charge in [-0.25, -0.2) is 4.98 Å². The van der Waals surface area contributed by atoms with Gasteiger partial charge in [-0.1, -0.05) is 17.7 Å². The van der Waals surface area contributed by atoms with Gasteiger partial charge in [-0.15, -0.1) is 11.3 Å². The average Bonchev–Trinajstić information content (AvgIpc) is 3.23. The summed E-state index contributed by atoms with van der Waals surface area (Å²) in [4.78, 5) is 29.3. The van der Waals surface area contributed by atoms with Crippen molar-refractivity contribution in [2.45, 2.75) is 33.3 Å². The average molecular weight is 455 g/mol. The lowest BCUT2D eigenvalue weighted by atomic mass is 10.1. The van der Waals surface area contributed by atoms with Crippen LogP contribution in [0.25, 0.3) is 10.6 Å². The molecule has 1 N–H and O–H groups in total. The highest BCUT2D eigenvalue weighted by Gasteiger charge is 2.20. The number of rotatable bonds is 8. The Morgan fingerprint density at radius 3 is 2.50 bits per heavy atom. The van der Waals surface area contributed by atoms with Gasteiger partial charge in [0.1, 0.15) is 5.01 Å². The molecule has 0 radical (unpaired) electrons. The highest BCUT2D eigenvalue weighted by atomic mass is 32.1. The van der Waals surface area contributed by atoms with Gasteiger partial charge in [0.15, 0.2) is 17.6 Å². The predicted octanol–water partition coefficient (Wildman–Crippen LogP) is 4.56. The number of hydrogen-bond acceptors (Lipinski definition) is 7. The number of thiazole rings is 1. The molecule has 2 aromatic carbocycles. The lowest BCUT2D eigenvalue weighted by Gasteiger charge is -2.14. The third-order valence-corrected chi connectivity index (χ3v) is 5.77. The molecule has 1 heterocycles. The number of ether oxygens (including phenoxy) is 3. The molecule has 1 unspecified atom stereocenters. The highest BCUT2D eigenvalue weighted by molar-refractivity contribution is 7.13. The van der Waals surface area contributed by atoms with E-state index in [2.05, 4.69) is 10.3 Å². The zero-order chi connectivity index (χ0) is 23.3. The van der Waals surface area contributed by atoms with Crippen molar-refractivity contribution in [3.05, 3.63) is 58.6 Å². The summed E-state index contributed by atoms with van der Waals surface area (Å²) in [5.74, 6) is 0.335. The van der Waals surface area contributed by atoms with E-state index in [1.54, 1.807) is 32.6 Å². The number of nitrogens with zero attached hydrogens (tertiary/aromatic N) is 1. The van der Waals surface area contributed by atoms with E-state index in [1.165, 1.54) is 11.3 Å². The molecule has 0 bridgehead atoms. The van der Waals surface area contributed by atoms with Crippen LogP contribution in [0.1, 0.15) is 23.7 Å². The van der Waals surface area contributed by atoms with Crippen molar-refractivity contribution in [1.82, 2.24) is 4.98 Å². The number of aryl methyl sites for hydroxylation is 2. The molecule has 3 rings (SSSR count). The van der Waals surface area contributed by atoms with Gasteiger partial charge >= 0.3 is 5.97 Å². The quantitative estimate of drug-likeness (QED) is 0.502. The van der Waals surface area contributed by atoms with Crippen molar-refractivity contribution < 1.29 is 23.8 Å². The number of anilines is 1. The molecule has 168 valence electrons. The maximum Gasteiger partial charge on any atom is 0.312 e. The Kier molecular flexibility index (Phi) is 7.48. The third kappa shape index (κ3) is 5.64. The summed E-state index contributed by atoms with van der Waals surface area (Å²) in [5, 5.41) is 5.34. The van der Waals surface area contributed by atoms with Crippen LogP contribution < -0.4 is 14.8 Å². The number of benzene rings is 2. The van der Waals surface area contributed by atoms with E-state index < -0.39 is 12.1 Å². The molecule has 0 spiro atoms. The largest absolute Gasteiger partial charge is 0.493 e. The van der Waals surface area contributed by atoms with Crippen LogP contribution in [0.5, 0.6) is 11.5 Å². The maximum atomic E-state index is 12.4. The van der Waals surface area contributed by atoms with Crippen LogP contribution >= 0.6 is 11.3 Å². The molecule has 0 aliphatic rings. The molecule has 3 aromatic rings. The van der Waals surface area contributed by atoms with E-state index in [-0.39, 0.29) is 12.3 Å². The molecule has 0 fully saturated rings. The Morgan fingerprint density at radius 2 is 1.81 bits per heavy atom. The van der Waals surface area contributed by atoms with Gasteiger partial charge in [0.25, 0.3) is 5.91 Å². The molecule has 7 nitrogen and oxygen atoms in total. The third-order valence-electron chi connectivity index (χ3n) is 4.82. The first kappa shape index (κ1) is 23.3. The Labute approximate surface area is 191 Å². The molecule has 32 heavy (non-hydrogen) atoms. The number of hydrogen-bond donors (Lipinski definition) is 1. The fraction of sp³-hybridized carbons (Fsp3) is 0.292. The second-order valence-corrected chi connectivity index (χ2v) is 8.19. The normalized spacial score (nSPS) is 11.5. The van der Waals surface area contributed by atoms with E-state index in [1.807, 2.05) is 44.2 Å². The number of carbonyl (C=O) groups excluding carboxylic acids is 2. The summed E-state index contributed by atoms with van der Waals surface area (Å²) < 4.78 is 15.9. The number of aromatic nitrogens is 1. The number of nitrogens with one attached hydrogen (secondary N) is 1. The van der Waals surface area contributed by atoms with E-state index in [4.69, 9.17) is 14.2 Å². The van der Waals surface area contributed by atoms with Crippen LogP contribution in [0.15, 0.2) is 41.8 Å². The van der Waals surface area contributed by atoms with E-state index >= 15 is 0 Å². The number of amides is 1. The predicted molar refractivity (Wildman–Crippen MR) is 124 cm³/mol. The molecule has 0 aliphatic heterocycles. The van der Waals surface area contributed by atoms with Crippen LogP contribution in [0.3, 0.4) is 0 Å². The van der Waals surface area contributed by atoms with E-state index in [0.717, 1.165) is 21.7 Å². The van der Waals surface area contributed by atoms with Crippen LogP contribution in [-0.2, 0) is 20.7 Å². The van der Waals surface area contributed by atoms with Gasteiger partial charge in [0, 0.05) is 16.6 Å². The maximum absolute atomic E-state index is 12.4. The first-order valence-corrected chi connectivity index (χ1v) is 10.9. The number of methoxy groups -OCH3 is 2. The number of carbonyl (C=O) groups is 2. The Balaban J connectivity index is 1.59. The van der Waals surface area contributed by atoms with E-state index in [9.17, 15) is 9.59 Å². The van der Waals surface area contributed by atoms with Crippen molar-refractivity contribution in [2.24, 2.45) is 0 Å². The van der Waals surface area contributed by atoms with Gasteiger partial charge < -0.3 is 19.5 Å². The molecule has 1 aromatic heterocycles. The van der Waals surface area contributed by atoms with Crippen molar-refractivity contribution in [2.75, 3.05) is 19.5 Å². The molecule has 1 atom stereocenters. The summed E-state index contributed by atoms with van der Waals surface area (Å²) in [6, 6.07) is 11.2. The van der Waals surface area contributed by atoms with Crippen molar-refractivity contribution in [3.63, 3.8) is 0 Å². The smallest absolute Gasteiger partial charge is 0.312 e. The lowest BCUT2D eigenvalue weighted by Crippen LogP contribution is -2.30. The molecule has 0 saturated carbocycles. The lowest BCUT2D eigenvalue weighted by molar-refractivity contribution is -0.152. The van der Waals surface area contributed by atoms with E-state index in [0.29, 0.717) is 22.9 Å². The summed E-state index contributed by atoms with van der Waals surface area (Å²) in [6.07, 6.45) is -0.947. The van der Waals surface area contributed by atoms with Crippen molar-refractivity contribution in [3.8, 4) is 22.1 Å². The Hall–Kier alpha value is -3.39. The van der Waals surface area contributed by atoms with Crippen LogP contribution in [0.2, 0.25) is 0 Å². The van der Waals surface area contributed by atoms with Gasteiger partial charge in [-0.2, -0.15) is 0 Å². The molecule has 8 heteroatoms. The van der Waals surface area contributed by atoms with Gasteiger partial charge in [-0.05, 0) is 50.6 Å². The minimum absolute atomic E-state index is 0.0228. The number of esters is 1. The summed E-state index contributed by atoms with van der Waals surface area (Å²) in [6.45, 7) is 5.45. The SMILES string of the molecule is COc1ccc(-c2nc(CC(=O)OC(C)C(=O)Nc3ccc(C)cc3C)cs2)cc1OC. The molecule has 0 saturated heterocycles. The molecular weight excluding hydrogens is 428 g/mol. The monoisotopic (exact) mass is 454 g/mol. The Morgan fingerprint density at radius 1 is 1.06 bits per heavy atom. The fourth-order valence-corrected chi connectivity index (χ4v) is 3.94. The zero-order valence-corrected chi connectivity index (χ0v) is 19.5. The van der Waals surface area contributed by atoms with Gasteiger partial charge in [0.05, 0.1) is 26.3 Å². The van der Waals surface area contributed by atoms with Crippen molar-refractivity contribution >= 4 is 28.9 Å². The van der Waals surface area contributed by atoms with Crippen molar-refractivity contribution in [1.29, 1.82) is 0 Å². The summed E-state index contributed by atoms with van der Waals surface area (Å²) in [7, 11) is 3.15. The zero-order valence-electron chi connectivity index (χ0n) is 18.7. The summed E-state index contributed by atoms with van der Waals surface area (Å²) >= 11 is 1.41. The first-order valence-electron chi connectivity index (χ1n) is 10.0. The summed E-state index contributed by atoms with van der Waals surface area (Å²) in [5.41, 5.74) is 4.18. The second kappa shape index (κ2) is 10.3. The highest BCUT2D eigenvalue weighted by Crippen LogP contribution is 2.33. The molecule has 1 amide bonds. The molecule has 0 aliphatic carbocycles. The minimum Gasteiger partial charge on any atom is -0.493 e. The Bertz CT molecular complexity index is 1130. The second-order valence-electron chi connectivity index (χ2n) is 7.33. The van der Waals surface area contributed by atoms with Crippen LogP contribution in [-0.4, -0.2) is 37.2 Å². The first-order chi connectivity index (χ1) is 15.3. The van der Waals surface area contributed by atoms with Gasteiger partial charge in [-0.3, -0.25) is 9.59 Å². The minimum atomic E-state index is -0.924. The fourth-order valence-electron chi connectivity index (χ4n) is 3.12.